The van der Waals surface area contributed by atoms with Crippen LogP contribution in [0.3, 0.4) is 0 Å². The number of hydrazone groups is 1. The summed E-state index contributed by atoms with van der Waals surface area (Å²) >= 11 is 0. The van der Waals surface area contributed by atoms with Crippen LogP contribution in [0.4, 0.5) is 5.69 Å². The molecule has 0 N–H and O–H groups in total. The van der Waals surface area contributed by atoms with Gasteiger partial charge in [-0.2, -0.15) is 15.2 Å². The molecule has 0 spiro atoms. The van der Waals surface area contributed by atoms with Crippen LogP contribution in [0, 0.1) is 6.92 Å². The van der Waals surface area contributed by atoms with Crippen molar-refractivity contribution in [2.24, 2.45) is 5.10 Å². The molecule has 0 fully saturated rings. The van der Waals surface area contributed by atoms with E-state index in [-0.39, 0.29) is 5.91 Å². The highest BCUT2D eigenvalue weighted by atomic mass is 16.5. The summed E-state index contributed by atoms with van der Waals surface area (Å²) in [6.45, 7) is 3.86. The number of amides is 1. The first-order valence-electron chi connectivity index (χ1n) is 11.0. The van der Waals surface area contributed by atoms with Crippen LogP contribution in [0.2, 0.25) is 0 Å². The fourth-order valence-electron chi connectivity index (χ4n) is 4.04. The number of rotatable bonds is 5. The van der Waals surface area contributed by atoms with Crippen molar-refractivity contribution in [2.75, 3.05) is 12.1 Å². The predicted octanol–water partition coefficient (Wildman–Crippen LogP) is 5.66. The molecular weight excluding hydrogens is 424 g/mol. The number of methoxy groups -OCH3 is 1. The maximum absolute atomic E-state index is 13.3. The predicted molar refractivity (Wildman–Crippen MR) is 135 cm³/mol. The minimum Gasteiger partial charge on any atom is -0.496 e. The number of carbonyl (C=O) groups is 1. The lowest BCUT2D eigenvalue weighted by atomic mass is 10.0. The molecule has 1 aliphatic heterocycles. The van der Waals surface area contributed by atoms with Crippen molar-refractivity contribution in [1.29, 1.82) is 0 Å². The molecule has 0 saturated heterocycles. The molecule has 1 aromatic heterocycles. The Kier molecular flexibility index (Phi) is 5.55. The van der Waals surface area contributed by atoms with Crippen LogP contribution >= 0.6 is 0 Å². The molecule has 1 amide bonds. The van der Waals surface area contributed by atoms with E-state index in [0.717, 1.165) is 39.5 Å². The maximum Gasteiger partial charge on any atom is 0.280 e. The van der Waals surface area contributed by atoms with Crippen molar-refractivity contribution in [3.8, 4) is 22.7 Å². The van der Waals surface area contributed by atoms with E-state index in [0.29, 0.717) is 11.3 Å². The third kappa shape index (κ3) is 3.90. The Morgan fingerprint density at radius 1 is 0.882 bits per heavy atom. The van der Waals surface area contributed by atoms with Crippen LogP contribution in [-0.2, 0) is 4.79 Å². The second-order valence-electron chi connectivity index (χ2n) is 8.09. The largest absolute Gasteiger partial charge is 0.496 e. The zero-order valence-corrected chi connectivity index (χ0v) is 19.3. The molecule has 2 heterocycles. The second kappa shape index (κ2) is 8.83. The highest BCUT2D eigenvalue weighted by Crippen LogP contribution is 2.31. The Labute approximate surface area is 198 Å². The molecule has 3 aromatic carbocycles. The topological polar surface area (TPSA) is 59.7 Å². The third-order valence-electron chi connectivity index (χ3n) is 5.79. The summed E-state index contributed by atoms with van der Waals surface area (Å²) in [7, 11) is 1.66. The molecule has 0 saturated carbocycles. The normalized spacial score (nSPS) is 14.6. The number of ether oxygens (including phenoxy) is 1. The molecule has 0 aliphatic carbocycles. The maximum atomic E-state index is 13.3. The van der Waals surface area contributed by atoms with Gasteiger partial charge in [0.05, 0.1) is 35.5 Å². The summed E-state index contributed by atoms with van der Waals surface area (Å²) in [5.74, 6) is 0.659. The van der Waals surface area contributed by atoms with Crippen molar-refractivity contribution in [2.45, 2.75) is 13.8 Å². The molecule has 5 rings (SSSR count). The average molecular weight is 449 g/mol. The van der Waals surface area contributed by atoms with E-state index >= 15 is 0 Å². The van der Waals surface area contributed by atoms with Gasteiger partial charge in [0, 0.05) is 17.3 Å². The van der Waals surface area contributed by atoms with Gasteiger partial charge in [-0.25, -0.2) is 4.68 Å². The Hall–Kier alpha value is -4.45. The first-order valence-corrected chi connectivity index (χ1v) is 11.0. The summed E-state index contributed by atoms with van der Waals surface area (Å²) < 4.78 is 7.26. The van der Waals surface area contributed by atoms with Crippen molar-refractivity contribution >= 4 is 23.4 Å². The molecule has 6 nitrogen and oxygen atoms in total. The van der Waals surface area contributed by atoms with Crippen LogP contribution in [0.5, 0.6) is 5.75 Å². The van der Waals surface area contributed by atoms with E-state index in [9.17, 15) is 4.79 Å². The van der Waals surface area contributed by atoms with Gasteiger partial charge in [0.25, 0.3) is 5.91 Å². The van der Waals surface area contributed by atoms with Gasteiger partial charge in [-0.3, -0.25) is 4.79 Å². The van der Waals surface area contributed by atoms with Crippen LogP contribution in [-0.4, -0.2) is 28.5 Å². The minimum absolute atomic E-state index is 0.159. The van der Waals surface area contributed by atoms with Crippen LogP contribution in [0.15, 0.2) is 95.7 Å². The van der Waals surface area contributed by atoms with Gasteiger partial charge in [0.1, 0.15) is 5.75 Å². The average Bonchev–Trinajstić information content (AvgIpc) is 3.42. The summed E-state index contributed by atoms with van der Waals surface area (Å²) in [5, 5.41) is 10.8. The molecule has 0 bridgehead atoms. The molecule has 0 unspecified atom stereocenters. The van der Waals surface area contributed by atoms with E-state index < -0.39 is 0 Å². The van der Waals surface area contributed by atoms with E-state index in [1.165, 1.54) is 5.01 Å². The zero-order valence-electron chi connectivity index (χ0n) is 19.3. The van der Waals surface area contributed by atoms with Gasteiger partial charge in [0.15, 0.2) is 0 Å². The number of benzene rings is 3. The summed E-state index contributed by atoms with van der Waals surface area (Å²) in [4.78, 5) is 13.3. The van der Waals surface area contributed by atoms with Crippen molar-refractivity contribution in [3.05, 3.63) is 102 Å². The number of carbonyl (C=O) groups excluding carboxylic acids is 1. The van der Waals surface area contributed by atoms with Gasteiger partial charge >= 0.3 is 0 Å². The van der Waals surface area contributed by atoms with E-state index in [1.807, 2.05) is 110 Å². The Morgan fingerprint density at radius 3 is 2.21 bits per heavy atom. The first-order chi connectivity index (χ1) is 16.5. The lowest BCUT2D eigenvalue weighted by molar-refractivity contribution is -0.114. The number of anilines is 1. The summed E-state index contributed by atoms with van der Waals surface area (Å²) in [5.41, 5.74) is 6.45. The number of hydrogen-bond acceptors (Lipinski definition) is 4. The Balaban J connectivity index is 1.61. The van der Waals surface area contributed by atoms with Gasteiger partial charge in [-0.1, -0.05) is 36.4 Å². The Morgan fingerprint density at radius 2 is 1.56 bits per heavy atom. The Bertz CT molecular complexity index is 1420. The summed E-state index contributed by atoms with van der Waals surface area (Å²) in [6.07, 6.45) is 3.83. The molecule has 4 aromatic rings. The number of nitrogens with zero attached hydrogens (tertiary/aromatic N) is 4. The number of hydrogen-bond donors (Lipinski definition) is 0. The van der Waals surface area contributed by atoms with Crippen molar-refractivity contribution in [1.82, 2.24) is 9.78 Å². The molecular formula is C28H24N4O2. The number of aryl methyl sites for hydroxylation is 1. The zero-order chi connectivity index (χ0) is 23.7. The number of para-hydroxylation sites is 2. The van der Waals surface area contributed by atoms with Crippen LogP contribution in [0.1, 0.15) is 18.1 Å². The molecule has 0 radical (unpaired) electrons. The molecule has 0 atom stereocenters. The van der Waals surface area contributed by atoms with Crippen molar-refractivity contribution < 1.29 is 9.53 Å². The molecule has 34 heavy (non-hydrogen) atoms. The van der Waals surface area contributed by atoms with E-state index in [1.54, 1.807) is 7.11 Å². The lowest BCUT2D eigenvalue weighted by Crippen LogP contribution is -2.21. The minimum atomic E-state index is -0.159. The number of aromatic nitrogens is 2. The highest BCUT2D eigenvalue weighted by Gasteiger charge is 2.29. The SMILES string of the molecule is COc1ccc(-c2nn(-c3ccccc3)cc2/C=C2\C(=O)N(c3ccccc3)N=C2C)cc1C. The van der Waals surface area contributed by atoms with Crippen LogP contribution < -0.4 is 9.75 Å². The second-order valence-corrected chi connectivity index (χ2v) is 8.09. The molecule has 1 aliphatic rings. The molecule has 168 valence electrons. The van der Waals surface area contributed by atoms with E-state index in [4.69, 9.17) is 9.84 Å². The van der Waals surface area contributed by atoms with Gasteiger partial charge in [0.2, 0.25) is 0 Å². The molecule has 6 heteroatoms. The van der Waals surface area contributed by atoms with Crippen molar-refractivity contribution in [3.63, 3.8) is 0 Å². The quantitative estimate of drug-likeness (QED) is 0.370. The standard InChI is InChI=1S/C28H24N4O2/c1-19-16-21(14-15-26(19)34-3)27-22(18-31(30-27)23-10-6-4-7-11-23)17-25-20(2)29-32(28(25)33)24-12-8-5-9-13-24/h4-18H,1-3H3/b25-17-. The van der Waals surface area contributed by atoms with Gasteiger partial charge < -0.3 is 4.74 Å². The van der Waals surface area contributed by atoms with E-state index in [2.05, 4.69) is 5.10 Å². The van der Waals surface area contributed by atoms with Crippen LogP contribution in [0.25, 0.3) is 23.0 Å². The summed E-state index contributed by atoms with van der Waals surface area (Å²) in [6, 6.07) is 25.3. The highest BCUT2D eigenvalue weighted by molar-refractivity contribution is 6.32. The fourth-order valence-corrected chi connectivity index (χ4v) is 4.04. The fraction of sp³-hybridized carbons (Fsp3) is 0.107. The smallest absolute Gasteiger partial charge is 0.280 e. The monoisotopic (exact) mass is 448 g/mol. The van der Waals surface area contributed by atoms with Gasteiger partial charge in [-0.15, -0.1) is 0 Å². The first kappa shape index (κ1) is 21.4. The lowest BCUT2D eigenvalue weighted by Gasteiger charge is -2.11. The third-order valence-corrected chi connectivity index (χ3v) is 5.79. The van der Waals surface area contributed by atoms with Gasteiger partial charge in [-0.05, 0) is 68.0 Å².